The van der Waals surface area contributed by atoms with E-state index in [0.29, 0.717) is 11.3 Å². The van der Waals surface area contributed by atoms with E-state index in [0.717, 1.165) is 16.8 Å². The summed E-state index contributed by atoms with van der Waals surface area (Å²) in [5, 5.41) is 20.3. The number of aromatic nitrogens is 2. The van der Waals surface area contributed by atoms with E-state index in [-0.39, 0.29) is 11.7 Å². The molecule has 0 saturated carbocycles. The molecule has 0 aliphatic rings. The second-order valence-electron chi connectivity index (χ2n) is 5.23. The summed E-state index contributed by atoms with van der Waals surface area (Å²) >= 11 is 0. The van der Waals surface area contributed by atoms with Crippen molar-refractivity contribution < 1.29 is 9.90 Å². The van der Waals surface area contributed by atoms with Crippen molar-refractivity contribution in [1.29, 1.82) is 0 Å². The molecule has 0 spiro atoms. The second-order valence-corrected chi connectivity index (χ2v) is 5.23. The fraction of sp³-hybridized carbons (Fsp3) is 0.0556. The number of hydrogen-bond acceptors (Lipinski definition) is 4. The molecule has 0 radical (unpaired) electrons. The van der Waals surface area contributed by atoms with Crippen LogP contribution < -0.4 is 5.43 Å². The predicted octanol–water partition coefficient (Wildman–Crippen LogP) is 2.85. The third kappa shape index (κ3) is 3.33. The van der Waals surface area contributed by atoms with E-state index in [4.69, 9.17) is 0 Å². The van der Waals surface area contributed by atoms with Crippen molar-refractivity contribution in [2.24, 2.45) is 5.10 Å². The van der Waals surface area contributed by atoms with Crippen LogP contribution in [0.2, 0.25) is 0 Å². The molecule has 0 bridgehead atoms. The van der Waals surface area contributed by atoms with Crippen LogP contribution in [0.25, 0.3) is 11.3 Å². The number of phenolic OH excluding ortho intramolecular Hbond substituents is 1. The number of carbonyl (C=O) groups excluding carboxylic acids is 1. The molecule has 3 rings (SSSR count). The van der Waals surface area contributed by atoms with Crippen molar-refractivity contribution in [3.8, 4) is 17.0 Å². The van der Waals surface area contributed by atoms with Gasteiger partial charge in [-0.15, -0.1) is 0 Å². The minimum atomic E-state index is -0.376. The van der Waals surface area contributed by atoms with Gasteiger partial charge in [-0.25, -0.2) is 5.43 Å². The zero-order valence-corrected chi connectivity index (χ0v) is 13.0. The van der Waals surface area contributed by atoms with Crippen molar-refractivity contribution in [1.82, 2.24) is 15.6 Å². The lowest BCUT2D eigenvalue weighted by Gasteiger charge is -2.00. The number of benzene rings is 2. The summed E-state index contributed by atoms with van der Waals surface area (Å²) in [6.45, 7) is 1.83. The summed E-state index contributed by atoms with van der Waals surface area (Å²) in [6, 6.07) is 16.2. The number of hydrazone groups is 1. The normalized spacial score (nSPS) is 10.9. The average molecular weight is 320 g/mol. The van der Waals surface area contributed by atoms with Crippen LogP contribution in [0.15, 0.2) is 59.7 Å². The molecule has 3 aromatic rings. The lowest BCUT2D eigenvalue weighted by molar-refractivity contribution is 0.0949. The molecule has 24 heavy (non-hydrogen) atoms. The van der Waals surface area contributed by atoms with Gasteiger partial charge in [-0.3, -0.25) is 9.89 Å². The number of nitrogens with one attached hydrogen (secondary N) is 2. The number of phenols is 1. The van der Waals surface area contributed by atoms with Crippen LogP contribution in [0.3, 0.4) is 0 Å². The number of aromatic amines is 1. The van der Waals surface area contributed by atoms with Gasteiger partial charge in [0.05, 0.1) is 11.9 Å². The second kappa shape index (κ2) is 6.78. The number of nitrogens with zero attached hydrogens (tertiary/aromatic N) is 2. The van der Waals surface area contributed by atoms with Gasteiger partial charge in [-0.1, -0.05) is 42.5 Å². The first kappa shape index (κ1) is 15.5. The number of aromatic hydroxyl groups is 1. The van der Waals surface area contributed by atoms with Gasteiger partial charge in [-0.2, -0.15) is 10.2 Å². The Morgan fingerprint density at radius 1 is 1.21 bits per heavy atom. The molecule has 0 aliphatic heterocycles. The fourth-order valence-electron chi connectivity index (χ4n) is 2.32. The molecular weight excluding hydrogens is 304 g/mol. The number of hydrogen-bond donors (Lipinski definition) is 3. The van der Waals surface area contributed by atoms with E-state index in [1.165, 1.54) is 6.21 Å². The molecule has 6 heteroatoms. The van der Waals surface area contributed by atoms with Crippen LogP contribution in [0, 0.1) is 6.92 Å². The maximum atomic E-state index is 12.2. The maximum absolute atomic E-state index is 12.2. The molecule has 1 amide bonds. The Hall–Kier alpha value is -3.41. The average Bonchev–Trinajstić information content (AvgIpc) is 2.97. The van der Waals surface area contributed by atoms with E-state index < -0.39 is 0 Å². The monoisotopic (exact) mass is 320 g/mol. The molecule has 1 heterocycles. The topological polar surface area (TPSA) is 90.4 Å². The summed E-state index contributed by atoms with van der Waals surface area (Å²) in [5.74, 6) is -0.235. The Morgan fingerprint density at radius 3 is 2.75 bits per heavy atom. The van der Waals surface area contributed by atoms with Gasteiger partial charge in [0.15, 0.2) is 0 Å². The minimum absolute atomic E-state index is 0.141. The van der Waals surface area contributed by atoms with E-state index in [9.17, 15) is 9.90 Å². The molecule has 0 aliphatic carbocycles. The van der Waals surface area contributed by atoms with Gasteiger partial charge in [0, 0.05) is 11.1 Å². The van der Waals surface area contributed by atoms with Crippen molar-refractivity contribution >= 4 is 12.1 Å². The maximum Gasteiger partial charge on any atom is 0.289 e. The number of amides is 1. The van der Waals surface area contributed by atoms with Gasteiger partial charge >= 0.3 is 0 Å². The zero-order chi connectivity index (χ0) is 16.9. The number of carbonyl (C=O) groups is 1. The van der Waals surface area contributed by atoms with Gasteiger partial charge in [0.25, 0.3) is 5.91 Å². The van der Waals surface area contributed by atoms with Crippen LogP contribution in [0.1, 0.15) is 21.6 Å². The highest BCUT2D eigenvalue weighted by atomic mass is 16.3. The first-order valence-corrected chi connectivity index (χ1v) is 7.38. The van der Waals surface area contributed by atoms with E-state index >= 15 is 0 Å². The van der Waals surface area contributed by atoms with Crippen LogP contribution >= 0.6 is 0 Å². The lowest BCUT2D eigenvalue weighted by atomic mass is 10.1. The molecule has 2 aromatic carbocycles. The molecule has 6 nitrogen and oxygen atoms in total. The largest absolute Gasteiger partial charge is 0.508 e. The Labute approximate surface area is 138 Å². The Morgan fingerprint density at radius 2 is 2.00 bits per heavy atom. The standard InChI is InChI=1S/C18H16N4O2/c1-12-16(14-7-3-2-4-8-14)20-21-17(12)18(24)22-19-11-13-6-5-9-15(23)10-13/h2-11,23H,1H3,(H,20,21)(H,22,24)/b19-11-. The van der Waals surface area contributed by atoms with Crippen LogP contribution in [0.4, 0.5) is 0 Å². The Kier molecular flexibility index (Phi) is 4.38. The van der Waals surface area contributed by atoms with E-state index in [1.807, 2.05) is 37.3 Å². The van der Waals surface area contributed by atoms with Gasteiger partial charge in [0.1, 0.15) is 11.4 Å². The van der Waals surface area contributed by atoms with Gasteiger partial charge in [-0.05, 0) is 24.6 Å². The smallest absolute Gasteiger partial charge is 0.289 e. The molecule has 0 unspecified atom stereocenters. The van der Waals surface area contributed by atoms with Gasteiger partial charge < -0.3 is 5.11 Å². The molecular formula is C18H16N4O2. The van der Waals surface area contributed by atoms with Crippen LogP contribution in [-0.2, 0) is 0 Å². The zero-order valence-electron chi connectivity index (χ0n) is 13.0. The Balaban J connectivity index is 1.73. The summed E-state index contributed by atoms with van der Waals surface area (Å²) in [7, 11) is 0. The summed E-state index contributed by atoms with van der Waals surface area (Å²) in [5.41, 5.74) is 5.92. The number of rotatable bonds is 4. The first-order chi connectivity index (χ1) is 11.6. The third-order valence-electron chi connectivity index (χ3n) is 3.53. The van der Waals surface area contributed by atoms with Crippen LogP contribution in [-0.4, -0.2) is 27.4 Å². The fourth-order valence-corrected chi connectivity index (χ4v) is 2.32. The highest BCUT2D eigenvalue weighted by Gasteiger charge is 2.16. The predicted molar refractivity (Wildman–Crippen MR) is 91.9 cm³/mol. The lowest BCUT2D eigenvalue weighted by Crippen LogP contribution is -2.19. The summed E-state index contributed by atoms with van der Waals surface area (Å²) < 4.78 is 0. The molecule has 3 N–H and O–H groups in total. The van der Waals surface area contributed by atoms with E-state index in [1.54, 1.807) is 24.3 Å². The SMILES string of the molecule is Cc1c(-c2ccccc2)n[nH]c1C(=O)N/N=C\c1cccc(O)c1. The van der Waals surface area contributed by atoms with Crippen LogP contribution in [0.5, 0.6) is 5.75 Å². The molecule has 120 valence electrons. The van der Waals surface area contributed by atoms with Crippen molar-refractivity contribution in [3.05, 3.63) is 71.4 Å². The van der Waals surface area contributed by atoms with E-state index in [2.05, 4.69) is 20.7 Å². The quantitative estimate of drug-likeness (QED) is 0.510. The third-order valence-corrected chi connectivity index (χ3v) is 3.53. The number of H-pyrrole nitrogens is 1. The highest BCUT2D eigenvalue weighted by Crippen LogP contribution is 2.22. The molecule has 0 saturated heterocycles. The minimum Gasteiger partial charge on any atom is -0.508 e. The molecule has 0 atom stereocenters. The Bertz CT molecular complexity index is 885. The van der Waals surface area contributed by atoms with Crippen molar-refractivity contribution in [3.63, 3.8) is 0 Å². The van der Waals surface area contributed by atoms with Crippen molar-refractivity contribution in [2.45, 2.75) is 6.92 Å². The summed E-state index contributed by atoms with van der Waals surface area (Å²) in [6.07, 6.45) is 1.46. The molecule has 1 aromatic heterocycles. The van der Waals surface area contributed by atoms with Crippen molar-refractivity contribution in [2.75, 3.05) is 0 Å². The first-order valence-electron chi connectivity index (χ1n) is 7.38. The summed E-state index contributed by atoms with van der Waals surface area (Å²) in [4.78, 5) is 12.2. The highest BCUT2D eigenvalue weighted by molar-refractivity contribution is 5.96. The van der Waals surface area contributed by atoms with Gasteiger partial charge in [0.2, 0.25) is 0 Å². The molecule has 0 fully saturated rings.